The highest BCUT2D eigenvalue weighted by Gasteiger charge is 2.49. The number of carbonyl (C=O) groups is 1. The van der Waals surface area contributed by atoms with Gasteiger partial charge in [0.05, 0.1) is 31.1 Å². The van der Waals surface area contributed by atoms with Crippen LogP contribution in [0.4, 0.5) is 0 Å². The fourth-order valence-electron chi connectivity index (χ4n) is 4.08. The molecule has 6 heteroatoms. The second-order valence-electron chi connectivity index (χ2n) is 7.00. The van der Waals surface area contributed by atoms with Gasteiger partial charge in [-0.05, 0) is 39.5 Å². The van der Waals surface area contributed by atoms with Crippen LogP contribution in [0.15, 0.2) is 6.20 Å². The van der Waals surface area contributed by atoms with E-state index in [-0.39, 0.29) is 11.3 Å². The molecule has 1 aliphatic heterocycles. The molecule has 1 saturated heterocycles. The number of piperidine rings is 1. The highest BCUT2D eigenvalue weighted by atomic mass is 16.5. The van der Waals surface area contributed by atoms with Crippen molar-refractivity contribution in [3.63, 3.8) is 0 Å². The maximum atomic E-state index is 12.8. The third-order valence-corrected chi connectivity index (χ3v) is 5.87. The SMILES string of the molecule is CCn1ncc(C(=O)N2CCC3(CCC3OCCOC)CC2)c1C. The van der Waals surface area contributed by atoms with Gasteiger partial charge in [0.15, 0.2) is 0 Å². The summed E-state index contributed by atoms with van der Waals surface area (Å²) < 4.78 is 12.9. The lowest BCUT2D eigenvalue weighted by atomic mass is 9.60. The fourth-order valence-corrected chi connectivity index (χ4v) is 4.08. The molecule has 134 valence electrons. The molecule has 1 aliphatic carbocycles. The van der Waals surface area contributed by atoms with Crippen molar-refractivity contribution < 1.29 is 14.3 Å². The van der Waals surface area contributed by atoms with Gasteiger partial charge < -0.3 is 14.4 Å². The third kappa shape index (κ3) is 3.09. The van der Waals surface area contributed by atoms with Crippen molar-refractivity contribution in [1.29, 1.82) is 0 Å². The van der Waals surface area contributed by atoms with Gasteiger partial charge in [-0.25, -0.2) is 0 Å². The van der Waals surface area contributed by atoms with Crippen LogP contribution < -0.4 is 0 Å². The summed E-state index contributed by atoms with van der Waals surface area (Å²) in [7, 11) is 1.70. The van der Waals surface area contributed by atoms with Gasteiger partial charge in [-0.1, -0.05) is 0 Å². The van der Waals surface area contributed by atoms with Crippen LogP contribution in [0.25, 0.3) is 0 Å². The normalized spacial score (nSPS) is 22.6. The van der Waals surface area contributed by atoms with Crippen LogP contribution in [0.3, 0.4) is 0 Å². The highest BCUT2D eigenvalue weighted by Crippen LogP contribution is 2.50. The van der Waals surface area contributed by atoms with Gasteiger partial charge in [-0.2, -0.15) is 5.10 Å². The van der Waals surface area contributed by atoms with E-state index < -0.39 is 0 Å². The Labute approximate surface area is 144 Å². The number of rotatable bonds is 6. The number of hydrogen-bond donors (Lipinski definition) is 0. The van der Waals surface area contributed by atoms with Crippen molar-refractivity contribution in [2.24, 2.45) is 5.41 Å². The third-order valence-electron chi connectivity index (χ3n) is 5.87. The van der Waals surface area contributed by atoms with Gasteiger partial charge in [-0.15, -0.1) is 0 Å². The molecule has 0 N–H and O–H groups in total. The molecule has 1 amide bonds. The van der Waals surface area contributed by atoms with Crippen molar-refractivity contribution in [1.82, 2.24) is 14.7 Å². The van der Waals surface area contributed by atoms with Crippen molar-refractivity contribution in [3.05, 3.63) is 17.5 Å². The first-order chi connectivity index (χ1) is 11.6. The zero-order valence-electron chi connectivity index (χ0n) is 15.1. The van der Waals surface area contributed by atoms with Crippen LogP contribution in [0.5, 0.6) is 0 Å². The number of amides is 1. The Hall–Kier alpha value is -1.40. The Morgan fingerprint density at radius 1 is 1.33 bits per heavy atom. The molecule has 3 rings (SSSR count). The largest absolute Gasteiger partial charge is 0.382 e. The van der Waals surface area contributed by atoms with Gasteiger partial charge in [0, 0.05) is 37.9 Å². The van der Waals surface area contributed by atoms with Crippen molar-refractivity contribution in [2.45, 2.75) is 52.2 Å². The maximum Gasteiger partial charge on any atom is 0.257 e. The van der Waals surface area contributed by atoms with Crippen LogP contribution >= 0.6 is 0 Å². The number of carbonyl (C=O) groups excluding carboxylic acids is 1. The van der Waals surface area contributed by atoms with Gasteiger partial charge >= 0.3 is 0 Å². The molecule has 2 aliphatic rings. The molecule has 0 radical (unpaired) electrons. The van der Waals surface area contributed by atoms with Gasteiger partial charge in [-0.3, -0.25) is 9.48 Å². The zero-order valence-corrected chi connectivity index (χ0v) is 15.1. The maximum absolute atomic E-state index is 12.8. The molecule has 1 atom stereocenters. The molecule has 1 spiro atoms. The second kappa shape index (κ2) is 7.23. The van der Waals surface area contributed by atoms with E-state index in [1.807, 2.05) is 23.4 Å². The Kier molecular flexibility index (Phi) is 5.25. The molecular weight excluding hydrogens is 306 g/mol. The minimum absolute atomic E-state index is 0.123. The number of ether oxygens (including phenoxy) is 2. The highest BCUT2D eigenvalue weighted by molar-refractivity contribution is 5.95. The minimum atomic E-state index is 0.123. The molecule has 0 bridgehead atoms. The number of aryl methyl sites for hydroxylation is 1. The summed E-state index contributed by atoms with van der Waals surface area (Å²) in [5.41, 5.74) is 1.99. The quantitative estimate of drug-likeness (QED) is 0.748. The Bertz CT molecular complexity index is 576. The number of likely N-dealkylation sites (tertiary alicyclic amines) is 1. The molecular formula is C18H29N3O3. The smallest absolute Gasteiger partial charge is 0.257 e. The Morgan fingerprint density at radius 3 is 2.62 bits per heavy atom. The van der Waals surface area contributed by atoms with E-state index in [1.165, 1.54) is 6.42 Å². The predicted octanol–water partition coefficient (Wildman–Crippen LogP) is 2.26. The van der Waals surface area contributed by atoms with E-state index in [1.54, 1.807) is 13.3 Å². The van der Waals surface area contributed by atoms with E-state index in [0.717, 1.165) is 50.2 Å². The molecule has 1 saturated carbocycles. The number of methoxy groups -OCH3 is 1. The van der Waals surface area contributed by atoms with Crippen LogP contribution in [0.1, 0.15) is 48.7 Å². The lowest BCUT2D eigenvalue weighted by Gasteiger charge is -2.53. The topological polar surface area (TPSA) is 56.6 Å². The van der Waals surface area contributed by atoms with E-state index >= 15 is 0 Å². The van der Waals surface area contributed by atoms with Crippen LogP contribution in [0.2, 0.25) is 0 Å². The first-order valence-electron chi connectivity index (χ1n) is 9.03. The molecule has 2 heterocycles. The zero-order chi connectivity index (χ0) is 17.2. The summed E-state index contributed by atoms with van der Waals surface area (Å²) in [6.45, 7) is 7.76. The molecule has 24 heavy (non-hydrogen) atoms. The second-order valence-corrected chi connectivity index (χ2v) is 7.00. The van der Waals surface area contributed by atoms with Crippen molar-refractivity contribution in [2.75, 3.05) is 33.4 Å². The predicted molar refractivity (Wildman–Crippen MR) is 91.1 cm³/mol. The van der Waals surface area contributed by atoms with E-state index in [4.69, 9.17) is 9.47 Å². The Balaban J connectivity index is 1.57. The monoisotopic (exact) mass is 335 g/mol. The molecule has 1 aromatic heterocycles. The molecule has 1 aromatic rings. The van der Waals surface area contributed by atoms with Crippen LogP contribution in [-0.4, -0.2) is 60.1 Å². The van der Waals surface area contributed by atoms with Crippen LogP contribution in [0, 0.1) is 12.3 Å². The summed E-state index contributed by atoms with van der Waals surface area (Å²) >= 11 is 0. The van der Waals surface area contributed by atoms with E-state index in [9.17, 15) is 4.79 Å². The van der Waals surface area contributed by atoms with E-state index in [0.29, 0.717) is 19.3 Å². The molecule has 1 unspecified atom stereocenters. The molecule has 0 aromatic carbocycles. The summed E-state index contributed by atoms with van der Waals surface area (Å²) in [6.07, 6.45) is 6.49. The summed E-state index contributed by atoms with van der Waals surface area (Å²) in [4.78, 5) is 14.8. The first kappa shape index (κ1) is 17.4. The van der Waals surface area contributed by atoms with Gasteiger partial charge in [0.1, 0.15) is 0 Å². The first-order valence-corrected chi connectivity index (χ1v) is 9.03. The van der Waals surface area contributed by atoms with Crippen molar-refractivity contribution >= 4 is 5.91 Å². The minimum Gasteiger partial charge on any atom is -0.382 e. The average molecular weight is 335 g/mol. The number of hydrogen-bond acceptors (Lipinski definition) is 4. The molecule has 6 nitrogen and oxygen atoms in total. The van der Waals surface area contributed by atoms with Crippen LogP contribution in [-0.2, 0) is 16.0 Å². The summed E-state index contributed by atoms with van der Waals surface area (Å²) in [6, 6.07) is 0. The summed E-state index contributed by atoms with van der Waals surface area (Å²) in [5.74, 6) is 0.123. The standard InChI is InChI=1S/C18H29N3O3/c1-4-21-14(2)15(13-19-21)17(22)20-9-7-18(8-10-20)6-5-16(18)24-12-11-23-3/h13,16H,4-12H2,1-3H3. The van der Waals surface area contributed by atoms with Crippen molar-refractivity contribution in [3.8, 4) is 0 Å². The number of aromatic nitrogens is 2. The van der Waals surface area contributed by atoms with Gasteiger partial charge in [0.25, 0.3) is 5.91 Å². The Morgan fingerprint density at radius 2 is 2.08 bits per heavy atom. The van der Waals surface area contributed by atoms with E-state index in [2.05, 4.69) is 5.10 Å². The number of nitrogens with zero attached hydrogens (tertiary/aromatic N) is 3. The molecule has 2 fully saturated rings. The lowest BCUT2D eigenvalue weighted by Crippen LogP contribution is -2.54. The summed E-state index contributed by atoms with van der Waals surface area (Å²) in [5, 5.41) is 4.30. The lowest BCUT2D eigenvalue weighted by molar-refractivity contribution is -0.139. The average Bonchev–Trinajstić information content (AvgIpc) is 2.98. The van der Waals surface area contributed by atoms with Gasteiger partial charge in [0.2, 0.25) is 0 Å². The fraction of sp³-hybridized carbons (Fsp3) is 0.778.